The van der Waals surface area contributed by atoms with Crippen molar-refractivity contribution in [3.8, 4) is 46.3 Å². The fourth-order valence-corrected chi connectivity index (χ4v) is 4.46. The predicted molar refractivity (Wildman–Crippen MR) is 145 cm³/mol. The van der Waals surface area contributed by atoms with E-state index in [4.69, 9.17) is 9.47 Å². The topological polar surface area (TPSA) is 18.5 Å². The molecule has 0 aliphatic carbocycles. The van der Waals surface area contributed by atoms with Crippen LogP contribution in [0.2, 0.25) is 0 Å². The lowest BCUT2D eigenvalue weighted by Crippen LogP contribution is -2.03. The summed E-state index contributed by atoms with van der Waals surface area (Å²) < 4.78 is 12.5. The van der Waals surface area contributed by atoms with Crippen LogP contribution in [0.5, 0.6) is 11.5 Å². The smallest absolute Gasteiger partial charge is 0.127 e. The average Bonchev–Trinajstić information content (AvgIpc) is 2.94. The average molecular weight is 466 g/mol. The SMILES string of the molecule is PCC#Cc1ccc2c3c(ccc2c1)OCCCOc1ccc2cc(C#CCP)ccc2c1-3. The van der Waals surface area contributed by atoms with Crippen LogP contribution in [0.1, 0.15) is 17.5 Å². The number of fused-ring (bicyclic) bond motifs is 7. The number of benzene rings is 4. The van der Waals surface area contributed by atoms with Crippen molar-refractivity contribution in [1.82, 2.24) is 0 Å². The Labute approximate surface area is 199 Å². The minimum atomic E-state index is 0.622. The van der Waals surface area contributed by atoms with Crippen molar-refractivity contribution in [2.75, 3.05) is 25.5 Å². The maximum absolute atomic E-state index is 6.26. The van der Waals surface area contributed by atoms with Crippen molar-refractivity contribution in [2.24, 2.45) is 0 Å². The number of hydrogen-bond donors (Lipinski definition) is 0. The maximum Gasteiger partial charge on any atom is 0.127 e. The highest BCUT2D eigenvalue weighted by Crippen LogP contribution is 2.46. The minimum Gasteiger partial charge on any atom is -0.493 e. The van der Waals surface area contributed by atoms with Gasteiger partial charge in [0.15, 0.2) is 0 Å². The molecule has 0 saturated heterocycles. The lowest BCUT2D eigenvalue weighted by Gasteiger charge is -2.18. The van der Waals surface area contributed by atoms with Gasteiger partial charge in [-0.25, -0.2) is 0 Å². The van der Waals surface area contributed by atoms with Gasteiger partial charge in [-0.05, 0) is 57.9 Å². The molecule has 0 spiro atoms. The van der Waals surface area contributed by atoms with Crippen LogP contribution in [0, 0.1) is 23.7 Å². The van der Waals surface area contributed by atoms with Crippen LogP contribution < -0.4 is 9.47 Å². The van der Waals surface area contributed by atoms with Gasteiger partial charge < -0.3 is 9.47 Å². The zero-order chi connectivity index (χ0) is 22.6. The second-order valence-corrected chi connectivity index (χ2v) is 8.63. The maximum atomic E-state index is 6.26. The third-order valence-corrected chi connectivity index (χ3v) is 6.09. The van der Waals surface area contributed by atoms with Gasteiger partial charge in [-0.1, -0.05) is 47.9 Å². The molecule has 1 heterocycles. The van der Waals surface area contributed by atoms with Crippen molar-refractivity contribution < 1.29 is 9.47 Å². The third kappa shape index (κ3) is 4.43. The molecule has 162 valence electrons. The predicted octanol–water partition coefficient (Wildman–Crippen LogP) is 6.27. The van der Waals surface area contributed by atoms with Gasteiger partial charge in [0.05, 0.1) is 13.2 Å². The van der Waals surface area contributed by atoms with Gasteiger partial charge >= 0.3 is 0 Å². The Morgan fingerprint density at radius 3 is 1.58 bits per heavy atom. The first-order valence-electron chi connectivity index (χ1n) is 11.1. The number of hydrogen-bond acceptors (Lipinski definition) is 2. The lowest BCUT2D eigenvalue weighted by atomic mass is 9.91. The summed E-state index contributed by atoms with van der Waals surface area (Å²) in [6.45, 7) is 1.24. The minimum absolute atomic E-state index is 0.622. The lowest BCUT2D eigenvalue weighted by molar-refractivity contribution is 0.252. The number of rotatable bonds is 0. The molecule has 33 heavy (non-hydrogen) atoms. The molecule has 1 aliphatic rings. The molecular weight excluding hydrogens is 442 g/mol. The molecule has 0 radical (unpaired) electrons. The quantitative estimate of drug-likeness (QED) is 0.225. The Morgan fingerprint density at radius 1 is 0.636 bits per heavy atom. The van der Waals surface area contributed by atoms with Crippen molar-refractivity contribution in [3.63, 3.8) is 0 Å². The van der Waals surface area contributed by atoms with E-state index in [0.29, 0.717) is 13.2 Å². The molecule has 0 aromatic heterocycles. The summed E-state index contributed by atoms with van der Waals surface area (Å²) in [5, 5.41) is 4.54. The second kappa shape index (κ2) is 9.86. The highest BCUT2D eigenvalue weighted by atomic mass is 31.0. The summed E-state index contributed by atoms with van der Waals surface area (Å²) in [6.07, 6.45) is 2.36. The standard InChI is InChI=1S/C29H24O2P2/c32-16-1-4-20-6-10-24-22(18-20)8-12-26-28(24)29-25-11-7-21(5-2-17-33)19-23(25)9-13-27(29)31-15-3-14-30-26/h6-13,18-19H,3,14-17,32-33H2. The van der Waals surface area contributed by atoms with E-state index in [0.717, 1.165) is 74.0 Å². The molecular formula is C29H24O2P2. The first kappa shape index (κ1) is 21.8. The van der Waals surface area contributed by atoms with Gasteiger partial charge in [0.25, 0.3) is 0 Å². The van der Waals surface area contributed by atoms with Gasteiger partial charge in [-0.2, -0.15) is 0 Å². The summed E-state index contributed by atoms with van der Waals surface area (Å²) in [5.74, 6) is 14.5. The van der Waals surface area contributed by atoms with Crippen LogP contribution in [-0.4, -0.2) is 25.5 Å². The molecule has 2 atom stereocenters. The molecule has 0 amide bonds. The van der Waals surface area contributed by atoms with Crippen molar-refractivity contribution in [2.45, 2.75) is 6.42 Å². The molecule has 0 bridgehead atoms. The van der Waals surface area contributed by atoms with E-state index in [-0.39, 0.29) is 0 Å². The highest BCUT2D eigenvalue weighted by molar-refractivity contribution is 7.17. The molecule has 0 saturated carbocycles. The summed E-state index contributed by atoms with van der Waals surface area (Å²) in [5.41, 5.74) is 4.18. The first-order chi connectivity index (χ1) is 16.3. The summed E-state index contributed by atoms with van der Waals surface area (Å²) in [6, 6.07) is 21.2. The largest absolute Gasteiger partial charge is 0.493 e. The van der Waals surface area contributed by atoms with E-state index in [1.807, 2.05) is 0 Å². The highest BCUT2D eigenvalue weighted by Gasteiger charge is 2.20. The molecule has 4 heteroatoms. The first-order valence-corrected chi connectivity index (χ1v) is 12.7. The fraction of sp³-hybridized carbons (Fsp3) is 0.172. The molecule has 4 aromatic rings. The Balaban J connectivity index is 1.81. The monoisotopic (exact) mass is 466 g/mol. The van der Waals surface area contributed by atoms with Crippen molar-refractivity contribution in [3.05, 3.63) is 71.8 Å². The Morgan fingerprint density at radius 2 is 1.12 bits per heavy atom. The molecule has 1 aliphatic heterocycles. The Hall–Kier alpha value is -3.02. The molecule has 0 N–H and O–H groups in total. The molecule has 4 aromatic carbocycles. The van der Waals surface area contributed by atoms with E-state index in [2.05, 4.69) is 103 Å². The van der Waals surface area contributed by atoms with Gasteiger partial charge in [0.2, 0.25) is 0 Å². The van der Waals surface area contributed by atoms with Crippen LogP contribution in [-0.2, 0) is 0 Å². The second-order valence-electron chi connectivity index (χ2n) is 7.81. The summed E-state index contributed by atoms with van der Waals surface area (Å²) in [4.78, 5) is 0. The van der Waals surface area contributed by atoms with Crippen molar-refractivity contribution >= 4 is 40.0 Å². The van der Waals surface area contributed by atoms with E-state index in [9.17, 15) is 0 Å². The molecule has 2 nitrogen and oxygen atoms in total. The van der Waals surface area contributed by atoms with Crippen LogP contribution in [0.15, 0.2) is 60.7 Å². The van der Waals surface area contributed by atoms with Gasteiger partial charge in [0, 0.05) is 41.0 Å². The Kier molecular flexibility index (Phi) is 6.51. The molecule has 2 unspecified atom stereocenters. The van der Waals surface area contributed by atoms with Crippen LogP contribution >= 0.6 is 18.5 Å². The van der Waals surface area contributed by atoms with Gasteiger partial charge in [0.1, 0.15) is 11.5 Å². The zero-order valence-electron chi connectivity index (χ0n) is 18.3. The van der Waals surface area contributed by atoms with Crippen LogP contribution in [0.25, 0.3) is 32.7 Å². The Bertz CT molecular complexity index is 1370. The number of ether oxygens (including phenoxy) is 2. The van der Waals surface area contributed by atoms with E-state index in [1.165, 1.54) is 0 Å². The van der Waals surface area contributed by atoms with Crippen LogP contribution in [0.4, 0.5) is 0 Å². The zero-order valence-corrected chi connectivity index (χ0v) is 20.6. The summed E-state index contributed by atoms with van der Waals surface area (Å²) in [7, 11) is 5.30. The molecule has 0 fully saturated rings. The van der Waals surface area contributed by atoms with Gasteiger partial charge in [-0.3, -0.25) is 0 Å². The normalized spacial score (nSPS) is 12.4. The van der Waals surface area contributed by atoms with Gasteiger partial charge in [-0.15, -0.1) is 18.5 Å². The third-order valence-electron chi connectivity index (χ3n) is 5.69. The molecule has 5 rings (SSSR count). The fourth-order valence-electron chi connectivity index (χ4n) is 4.26. The van der Waals surface area contributed by atoms with E-state index in [1.54, 1.807) is 0 Å². The van der Waals surface area contributed by atoms with E-state index < -0.39 is 0 Å². The van der Waals surface area contributed by atoms with Crippen molar-refractivity contribution in [1.29, 1.82) is 0 Å². The summed E-state index contributed by atoms with van der Waals surface area (Å²) >= 11 is 0. The van der Waals surface area contributed by atoms with Crippen LogP contribution in [0.3, 0.4) is 0 Å². The van der Waals surface area contributed by atoms with E-state index >= 15 is 0 Å².